The summed E-state index contributed by atoms with van der Waals surface area (Å²) < 4.78 is 5.30. The molecular weight excluding hydrogens is 164 g/mol. The van der Waals surface area contributed by atoms with Gasteiger partial charge in [0.05, 0.1) is 0 Å². The zero-order chi connectivity index (χ0) is 9.10. The van der Waals surface area contributed by atoms with Crippen LogP contribution in [0.1, 0.15) is 12.1 Å². The Hall–Kier alpha value is -1.09. The van der Waals surface area contributed by atoms with E-state index in [1.807, 2.05) is 18.2 Å². The number of nitrogen functional groups attached to an aromatic ring is 1. The minimum Gasteiger partial charge on any atom is -0.384 e. The lowest BCUT2D eigenvalue weighted by Crippen LogP contribution is -2.05. The largest absolute Gasteiger partial charge is 0.384 e. The fourth-order valence-corrected chi connectivity index (χ4v) is 1.65. The molecule has 1 aliphatic rings. The Morgan fingerprint density at radius 2 is 2.46 bits per heavy atom. The van der Waals surface area contributed by atoms with Crippen molar-refractivity contribution in [3.05, 3.63) is 23.9 Å². The molecule has 0 aromatic carbocycles. The maximum Gasteiger partial charge on any atom is 0.123 e. The number of nitrogens with two attached hydrogens (primary N) is 1. The van der Waals surface area contributed by atoms with Crippen molar-refractivity contribution >= 4 is 5.82 Å². The Labute approximate surface area is 77.9 Å². The van der Waals surface area contributed by atoms with Crippen LogP contribution < -0.4 is 5.73 Å². The van der Waals surface area contributed by atoms with Gasteiger partial charge in [-0.1, -0.05) is 6.07 Å². The van der Waals surface area contributed by atoms with Gasteiger partial charge in [0.1, 0.15) is 5.82 Å². The molecule has 2 heterocycles. The first kappa shape index (κ1) is 8.51. The number of anilines is 1. The average molecular weight is 178 g/mol. The number of hydrogen-bond donors (Lipinski definition) is 1. The third-order valence-corrected chi connectivity index (χ3v) is 2.35. The number of rotatable bonds is 2. The minimum absolute atomic E-state index is 0.608. The van der Waals surface area contributed by atoms with Crippen molar-refractivity contribution in [1.82, 2.24) is 4.98 Å². The van der Waals surface area contributed by atoms with Crippen LogP contribution in [0.4, 0.5) is 5.82 Å². The standard InChI is InChI=1S/C10H14N2O/c11-10-3-1-2-9(12-10)6-8-4-5-13-7-8/h1-3,8H,4-7H2,(H2,11,12). The molecule has 0 radical (unpaired) electrons. The van der Waals surface area contributed by atoms with E-state index < -0.39 is 0 Å². The van der Waals surface area contributed by atoms with Gasteiger partial charge in [-0.3, -0.25) is 0 Å². The molecule has 1 unspecified atom stereocenters. The summed E-state index contributed by atoms with van der Waals surface area (Å²) in [4.78, 5) is 4.26. The Morgan fingerprint density at radius 3 is 3.15 bits per heavy atom. The smallest absolute Gasteiger partial charge is 0.123 e. The van der Waals surface area contributed by atoms with Crippen molar-refractivity contribution in [3.8, 4) is 0 Å². The molecule has 0 spiro atoms. The minimum atomic E-state index is 0.608. The van der Waals surface area contributed by atoms with Gasteiger partial charge in [-0.15, -0.1) is 0 Å². The summed E-state index contributed by atoms with van der Waals surface area (Å²) >= 11 is 0. The second-order valence-electron chi connectivity index (χ2n) is 3.49. The molecule has 3 heteroatoms. The monoisotopic (exact) mass is 178 g/mol. The summed E-state index contributed by atoms with van der Waals surface area (Å²) in [5.74, 6) is 1.24. The Bertz CT molecular complexity index is 282. The van der Waals surface area contributed by atoms with Crippen molar-refractivity contribution in [1.29, 1.82) is 0 Å². The van der Waals surface area contributed by atoms with Gasteiger partial charge in [-0.25, -0.2) is 4.98 Å². The van der Waals surface area contributed by atoms with Gasteiger partial charge in [0.15, 0.2) is 0 Å². The van der Waals surface area contributed by atoms with E-state index in [1.54, 1.807) is 0 Å². The van der Waals surface area contributed by atoms with Gasteiger partial charge in [-0.05, 0) is 30.9 Å². The summed E-state index contributed by atoms with van der Waals surface area (Å²) in [5.41, 5.74) is 6.67. The van der Waals surface area contributed by atoms with Gasteiger partial charge in [-0.2, -0.15) is 0 Å². The van der Waals surface area contributed by atoms with E-state index in [2.05, 4.69) is 4.98 Å². The first-order valence-corrected chi connectivity index (χ1v) is 4.64. The lowest BCUT2D eigenvalue weighted by atomic mass is 10.0. The van der Waals surface area contributed by atoms with Crippen molar-refractivity contribution in [2.45, 2.75) is 12.8 Å². The fourth-order valence-electron chi connectivity index (χ4n) is 1.65. The van der Waals surface area contributed by atoms with Crippen LogP contribution in [0.15, 0.2) is 18.2 Å². The van der Waals surface area contributed by atoms with Crippen molar-refractivity contribution in [2.24, 2.45) is 5.92 Å². The van der Waals surface area contributed by atoms with Crippen molar-refractivity contribution in [2.75, 3.05) is 18.9 Å². The number of nitrogens with zero attached hydrogens (tertiary/aromatic N) is 1. The zero-order valence-corrected chi connectivity index (χ0v) is 7.57. The van der Waals surface area contributed by atoms with Crippen molar-refractivity contribution in [3.63, 3.8) is 0 Å². The molecular formula is C10H14N2O. The summed E-state index contributed by atoms with van der Waals surface area (Å²) in [6.45, 7) is 1.77. The average Bonchev–Trinajstić information content (AvgIpc) is 2.57. The molecule has 70 valence electrons. The van der Waals surface area contributed by atoms with Crippen LogP contribution in [0, 0.1) is 5.92 Å². The summed E-state index contributed by atoms with van der Waals surface area (Å²) in [6, 6.07) is 5.79. The molecule has 1 fully saturated rings. The highest BCUT2D eigenvalue weighted by Crippen LogP contribution is 2.17. The van der Waals surface area contributed by atoms with Gasteiger partial charge >= 0.3 is 0 Å². The summed E-state index contributed by atoms with van der Waals surface area (Å²) in [5, 5.41) is 0. The van der Waals surface area contributed by atoms with E-state index in [-0.39, 0.29) is 0 Å². The van der Waals surface area contributed by atoms with Gasteiger partial charge in [0, 0.05) is 18.9 Å². The Balaban J connectivity index is 2.00. The van der Waals surface area contributed by atoms with Crippen molar-refractivity contribution < 1.29 is 4.74 Å². The van der Waals surface area contributed by atoms with Crippen LogP contribution in [0.2, 0.25) is 0 Å². The van der Waals surface area contributed by atoms with Crippen LogP contribution in [0.3, 0.4) is 0 Å². The molecule has 2 rings (SSSR count). The first-order chi connectivity index (χ1) is 6.34. The van der Waals surface area contributed by atoms with Gasteiger partial charge in [0.25, 0.3) is 0 Å². The van der Waals surface area contributed by atoms with Crippen LogP contribution in [0.5, 0.6) is 0 Å². The number of hydrogen-bond acceptors (Lipinski definition) is 3. The molecule has 1 aromatic heterocycles. The molecule has 3 nitrogen and oxygen atoms in total. The highest BCUT2D eigenvalue weighted by atomic mass is 16.5. The Kier molecular flexibility index (Phi) is 2.45. The lowest BCUT2D eigenvalue weighted by Gasteiger charge is -2.06. The predicted octanol–water partition coefficient (Wildman–Crippen LogP) is 1.24. The van der Waals surface area contributed by atoms with E-state index in [1.165, 1.54) is 0 Å². The van der Waals surface area contributed by atoms with Crippen LogP contribution in [0.25, 0.3) is 0 Å². The van der Waals surface area contributed by atoms with Crippen LogP contribution in [-0.2, 0) is 11.2 Å². The normalized spacial score (nSPS) is 22.0. The van der Waals surface area contributed by atoms with Crippen LogP contribution >= 0.6 is 0 Å². The second-order valence-corrected chi connectivity index (χ2v) is 3.49. The molecule has 1 aromatic rings. The fraction of sp³-hybridized carbons (Fsp3) is 0.500. The summed E-state index contributed by atoms with van der Waals surface area (Å²) in [7, 11) is 0. The lowest BCUT2D eigenvalue weighted by molar-refractivity contribution is 0.185. The number of ether oxygens (including phenoxy) is 1. The maximum atomic E-state index is 5.59. The highest BCUT2D eigenvalue weighted by molar-refractivity contribution is 5.28. The zero-order valence-electron chi connectivity index (χ0n) is 7.57. The van der Waals surface area contributed by atoms with Gasteiger partial charge < -0.3 is 10.5 Å². The van der Waals surface area contributed by atoms with E-state index in [4.69, 9.17) is 10.5 Å². The second kappa shape index (κ2) is 3.75. The predicted molar refractivity (Wildman–Crippen MR) is 51.3 cm³/mol. The highest BCUT2D eigenvalue weighted by Gasteiger charge is 2.16. The quantitative estimate of drug-likeness (QED) is 0.741. The molecule has 1 aliphatic heterocycles. The molecule has 0 saturated carbocycles. The topological polar surface area (TPSA) is 48.1 Å². The Morgan fingerprint density at radius 1 is 1.54 bits per heavy atom. The van der Waals surface area contributed by atoms with E-state index in [0.29, 0.717) is 11.7 Å². The van der Waals surface area contributed by atoms with E-state index in [9.17, 15) is 0 Å². The molecule has 2 N–H and O–H groups in total. The summed E-state index contributed by atoms with van der Waals surface area (Å²) in [6.07, 6.45) is 2.14. The van der Waals surface area contributed by atoms with E-state index >= 15 is 0 Å². The number of pyridine rings is 1. The molecule has 13 heavy (non-hydrogen) atoms. The molecule has 0 aliphatic carbocycles. The molecule has 1 saturated heterocycles. The maximum absolute atomic E-state index is 5.59. The molecule has 0 bridgehead atoms. The third-order valence-electron chi connectivity index (χ3n) is 2.35. The van der Waals surface area contributed by atoms with Gasteiger partial charge in [0.2, 0.25) is 0 Å². The molecule has 0 amide bonds. The third kappa shape index (κ3) is 2.18. The van der Waals surface area contributed by atoms with E-state index in [0.717, 1.165) is 31.7 Å². The molecule has 1 atom stereocenters. The number of aromatic nitrogens is 1. The SMILES string of the molecule is Nc1cccc(CC2CCOC2)n1. The van der Waals surface area contributed by atoms with Crippen LogP contribution in [-0.4, -0.2) is 18.2 Å². The first-order valence-electron chi connectivity index (χ1n) is 4.64.